The van der Waals surface area contributed by atoms with Gasteiger partial charge in [-0.15, -0.1) is 0 Å². The van der Waals surface area contributed by atoms with Crippen LogP contribution >= 0.6 is 0 Å². The highest BCUT2D eigenvalue weighted by atomic mass is 16.5. The lowest BCUT2D eigenvalue weighted by Crippen LogP contribution is -2.27. The lowest BCUT2D eigenvalue weighted by molar-refractivity contribution is 0.0949. The lowest BCUT2D eigenvalue weighted by Gasteiger charge is -2.10. The van der Waals surface area contributed by atoms with Crippen molar-refractivity contribution in [3.05, 3.63) is 30.0 Å². The van der Waals surface area contributed by atoms with E-state index in [1.807, 2.05) is 26.0 Å². The minimum Gasteiger partial charge on any atom is -0.493 e. The zero-order chi connectivity index (χ0) is 16.1. The van der Waals surface area contributed by atoms with Crippen molar-refractivity contribution in [1.29, 1.82) is 0 Å². The summed E-state index contributed by atoms with van der Waals surface area (Å²) in [6, 6.07) is 5.46. The van der Waals surface area contributed by atoms with E-state index >= 15 is 0 Å². The molecule has 2 N–H and O–H groups in total. The maximum Gasteiger partial charge on any atom is 0.255 e. The van der Waals surface area contributed by atoms with Gasteiger partial charge in [0.25, 0.3) is 5.91 Å². The molecule has 0 saturated heterocycles. The van der Waals surface area contributed by atoms with Gasteiger partial charge in [0.05, 0.1) is 31.7 Å². The SMILES string of the molecule is COc1ccc(-c2[nH]ncc2C(=O)NCC(C)C)cc1OC. The van der Waals surface area contributed by atoms with Gasteiger partial charge in [-0.05, 0) is 24.1 Å². The van der Waals surface area contributed by atoms with E-state index in [9.17, 15) is 4.79 Å². The Kier molecular flexibility index (Phi) is 5.04. The van der Waals surface area contributed by atoms with E-state index in [0.29, 0.717) is 35.2 Å². The molecule has 1 heterocycles. The number of H-pyrrole nitrogens is 1. The second-order valence-electron chi connectivity index (χ2n) is 5.33. The van der Waals surface area contributed by atoms with Crippen LogP contribution < -0.4 is 14.8 Å². The van der Waals surface area contributed by atoms with Crippen molar-refractivity contribution in [3.63, 3.8) is 0 Å². The molecule has 0 atom stereocenters. The number of methoxy groups -OCH3 is 2. The van der Waals surface area contributed by atoms with Crippen LogP contribution in [0.15, 0.2) is 24.4 Å². The molecule has 0 unspecified atom stereocenters. The number of aromatic nitrogens is 2. The van der Waals surface area contributed by atoms with Gasteiger partial charge in [-0.3, -0.25) is 9.89 Å². The topological polar surface area (TPSA) is 76.2 Å². The minimum atomic E-state index is -0.146. The van der Waals surface area contributed by atoms with Crippen molar-refractivity contribution in [2.45, 2.75) is 13.8 Å². The monoisotopic (exact) mass is 303 g/mol. The molecular formula is C16H21N3O3. The number of benzene rings is 1. The van der Waals surface area contributed by atoms with Gasteiger partial charge in [0, 0.05) is 12.1 Å². The van der Waals surface area contributed by atoms with Gasteiger partial charge in [0.2, 0.25) is 0 Å². The van der Waals surface area contributed by atoms with Gasteiger partial charge in [-0.1, -0.05) is 13.8 Å². The number of nitrogens with one attached hydrogen (secondary N) is 2. The summed E-state index contributed by atoms with van der Waals surface area (Å²) in [4.78, 5) is 12.3. The molecule has 2 rings (SSSR count). The Hall–Kier alpha value is -2.50. The summed E-state index contributed by atoms with van der Waals surface area (Å²) in [7, 11) is 3.16. The summed E-state index contributed by atoms with van der Waals surface area (Å²) < 4.78 is 10.5. The highest BCUT2D eigenvalue weighted by Gasteiger charge is 2.16. The standard InChI is InChI=1S/C16H21N3O3/c1-10(2)8-17-16(20)12-9-18-19-15(12)11-5-6-13(21-3)14(7-11)22-4/h5-7,9-10H,8H2,1-4H3,(H,17,20)(H,18,19). The van der Waals surface area contributed by atoms with Crippen molar-refractivity contribution >= 4 is 5.91 Å². The molecule has 118 valence electrons. The third-order valence-corrected chi connectivity index (χ3v) is 3.23. The van der Waals surface area contributed by atoms with Crippen LogP contribution in [0.1, 0.15) is 24.2 Å². The fourth-order valence-electron chi connectivity index (χ4n) is 2.06. The summed E-state index contributed by atoms with van der Waals surface area (Å²) in [6.07, 6.45) is 1.53. The third-order valence-electron chi connectivity index (χ3n) is 3.23. The van der Waals surface area contributed by atoms with Gasteiger partial charge in [-0.25, -0.2) is 0 Å². The molecule has 6 heteroatoms. The first-order chi connectivity index (χ1) is 10.6. The lowest BCUT2D eigenvalue weighted by atomic mass is 10.1. The van der Waals surface area contributed by atoms with Crippen LogP contribution in [0.3, 0.4) is 0 Å². The molecule has 1 aromatic carbocycles. The van der Waals surface area contributed by atoms with E-state index in [-0.39, 0.29) is 5.91 Å². The number of hydrogen-bond donors (Lipinski definition) is 2. The molecule has 1 amide bonds. The summed E-state index contributed by atoms with van der Waals surface area (Å²) in [5.41, 5.74) is 1.97. The van der Waals surface area contributed by atoms with Crippen molar-refractivity contribution < 1.29 is 14.3 Å². The first-order valence-corrected chi connectivity index (χ1v) is 7.10. The fourth-order valence-corrected chi connectivity index (χ4v) is 2.06. The maximum absolute atomic E-state index is 12.3. The summed E-state index contributed by atoms with van der Waals surface area (Å²) in [5, 5.41) is 9.75. The van der Waals surface area contributed by atoms with Crippen LogP contribution in [-0.2, 0) is 0 Å². The van der Waals surface area contributed by atoms with E-state index < -0.39 is 0 Å². The van der Waals surface area contributed by atoms with Crippen LogP contribution in [-0.4, -0.2) is 36.9 Å². The van der Waals surface area contributed by atoms with Crippen LogP contribution in [0, 0.1) is 5.92 Å². The smallest absolute Gasteiger partial charge is 0.255 e. The van der Waals surface area contributed by atoms with Crippen molar-refractivity contribution in [2.24, 2.45) is 5.92 Å². The van der Waals surface area contributed by atoms with E-state index in [2.05, 4.69) is 15.5 Å². The van der Waals surface area contributed by atoms with Crippen molar-refractivity contribution in [3.8, 4) is 22.8 Å². The number of rotatable bonds is 6. The Morgan fingerprint density at radius 1 is 1.27 bits per heavy atom. The first kappa shape index (κ1) is 15.9. The fraction of sp³-hybridized carbons (Fsp3) is 0.375. The number of hydrogen-bond acceptors (Lipinski definition) is 4. The molecule has 0 saturated carbocycles. The highest BCUT2D eigenvalue weighted by molar-refractivity contribution is 5.99. The number of carbonyl (C=O) groups excluding carboxylic acids is 1. The number of nitrogens with zero attached hydrogens (tertiary/aromatic N) is 1. The average Bonchev–Trinajstić information content (AvgIpc) is 3.01. The van der Waals surface area contributed by atoms with E-state index in [0.717, 1.165) is 5.56 Å². The van der Waals surface area contributed by atoms with E-state index in [4.69, 9.17) is 9.47 Å². The van der Waals surface area contributed by atoms with Crippen molar-refractivity contribution in [2.75, 3.05) is 20.8 Å². The molecule has 0 fully saturated rings. The van der Waals surface area contributed by atoms with Gasteiger partial charge in [-0.2, -0.15) is 5.10 Å². The molecule has 0 bridgehead atoms. The third kappa shape index (κ3) is 3.39. The average molecular weight is 303 g/mol. The van der Waals surface area contributed by atoms with Gasteiger partial charge in [0.1, 0.15) is 0 Å². The molecule has 0 aliphatic carbocycles. The molecule has 0 spiro atoms. The Morgan fingerprint density at radius 3 is 2.64 bits per heavy atom. The largest absolute Gasteiger partial charge is 0.493 e. The van der Waals surface area contributed by atoms with Crippen LogP contribution in [0.4, 0.5) is 0 Å². The summed E-state index contributed by atoms with van der Waals surface area (Å²) in [6.45, 7) is 4.71. The van der Waals surface area contributed by atoms with E-state index in [1.54, 1.807) is 20.3 Å². The maximum atomic E-state index is 12.3. The van der Waals surface area contributed by atoms with Crippen LogP contribution in [0.25, 0.3) is 11.3 Å². The quantitative estimate of drug-likeness (QED) is 0.859. The number of aromatic amines is 1. The van der Waals surface area contributed by atoms with Gasteiger partial charge >= 0.3 is 0 Å². The second-order valence-corrected chi connectivity index (χ2v) is 5.33. The number of ether oxygens (including phenoxy) is 2. The number of amides is 1. The second kappa shape index (κ2) is 6.98. The van der Waals surface area contributed by atoms with Gasteiger partial charge in [0.15, 0.2) is 11.5 Å². The number of carbonyl (C=O) groups is 1. The predicted molar refractivity (Wildman–Crippen MR) is 84.3 cm³/mol. The molecule has 22 heavy (non-hydrogen) atoms. The molecule has 0 radical (unpaired) electrons. The zero-order valence-corrected chi connectivity index (χ0v) is 13.3. The van der Waals surface area contributed by atoms with Gasteiger partial charge < -0.3 is 14.8 Å². The molecule has 6 nitrogen and oxygen atoms in total. The normalized spacial score (nSPS) is 10.6. The molecule has 1 aromatic heterocycles. The Labute approximate surface area is 129 Å². The Balaban J connectivity index is 2.31. The first-order valence-electron chi connectivity index (χ1n) is 7.10. The zero-order valence-electron chi connectivity index (χ0n) is 13.3. The Morgan fingerprint density at radius 2 is 2.00 bits per heavy atom. The van der Waals surface area contributed by atoms with Crippen LogP contribution in [0.2, 0.25) is 0 Å². The predicted octanol–water partition coefficient (Wildman–Crippen LogP) is 2.48. The van der Waals surface area contributed by atoms with E-state index in [1.165, 1.54) is 6.20 Å². The highest BCUT2D eigenvalue weighted by Crippen LogP contribution is 2.32. The summed E-state index contributed by atoms with van der Waals surface area (Å²) >= 11 is 0. The molecule has 0 aliphatic rings. The molecule has 2 aromatic rings. The Bertz CT molecular complexity index is 650. The minimum absolute atomic E-state index is 0.146. The molecule has 0 aliphatic heterocycles. The molecular weight excluding hydrogens is 282 g/mol. The van der Waals surface area contributed by atoms with Crippen LogP contribution in [0.5, 0.6) is 11.5 Å². The van der Waals surface area contributed by atoms with Crippen molar-refractivity contribution in [1.82, 2.24) is 15.5 Å². The summed E-state index contributed by atoms with van der Waals surface area (Å²) in [5.74, 6) is 1.48.